The molecule has 0 fully saturated rings. The number of fused-ring (bicyclic) bond motifs is 2. The molecule has 4 aromatic rings. The fourth-order valence-corrected chi connectivity index (χ4v) is 6.15. The van der Waals surface area contributed by atoms with E-state index in [4.69, 9.17) is 4.98 Å². The number of thioether (sulfide) groups is 1. The van der Waals surface area contributed by atoms with Gasteiger partial charge in [-0.2, -0.15) is 16.6 Å². The molecule has 4 heterocycles. The number of nitrogens with zero attached hydrogens (tertiary/aromatic N) is 4. The van der Waals surface area contributed by atoms with Crippen molar-refractivity contribution in [3.8, 4) is 17.2 Å². The smallest absolute Gasteiger partial charge is 0.236 e. The van der Waals surface area contributed by atoms with E-state index in [-0.39, 0.29) is 11.7 Å². The van der Waals surface area contributed by atoms with Crippen molar-refractivity contribution in [3.63, 3.8) is 0 Å². The second kappa shape index (κ2) is 9.00. The van der Waals surface area contributed by atoms with Gasteiger partial charge in [-0.3, -0.25) is 4.79 Å². The second-order valence-corrected chi connectivity index (χ2v) is 10.3. The molecule has 0 unspecified atom stereocenters. The average Bonchev–Trinajstić information content (AvgIpc) is 3.46. The van der Waals surface area contributed by atoms with E-state index in [9.17, 15) is 10.1 Å². The van der Waals surface area contributed by atoms with Crippen LogP contribution in [0.3, 0.4) is 0 Å². The van der Waals surface area contributed by atoms with Crippen LogP contribution in [0.2, 0.25) is 0 Å². The number of aromatic nitrogens is 2. The van der Waals surface area contributed by atoms with Crippen LogP contribution in [-0.4, -0.2) is 40.1 Å². The summed E-state index contributed by atoms with van der Waals surface area (Å²) in [5, 5.41) is 18.2. The van der Waals surface area contributed by atoms with E-state index in [0.717, 1.165) is 52.1 Å². The van der Waals surface area contributed by atoms with E-state index < -0.39 is 0 Å². The van der Waals surface area contributed by atoms with E-state index in [1.54, 1.807) is 11.3 Å². The number of thiazole rings is 1. The molecule has 160 valence electrons. The highest BCUT2D eigenvalue weighted by Gasteiger charge is 2.25. The molecule has 6 nitrogen and oxygen atoms in total. The number of likely N-dealkylation sites (N-methyl/N-ethyl adjacent to an activating group) is 1. The Morgan fingerprint density at radius 2 is 2.19 bits per heavy atom. The Morgan fingerprint density at radius 3 is 2.97 bits per heavy atom. The van der Waals surface area contributed by atoms with Crippen molar-refractivity contribution in [2.45, 2.75) is 18.0 Å². The molecule has 0 bridgehead atoms. The fraction of sp³-hybridized carbons (Fsp3) is 0.217. The van der Waals surface area contributed by atoms with Crippen LogP contribution in [-0.2, 0) is 17.8 Å². The number of amides is 1. The molecule has 1 aliphatic heterocycles. The number of para-hydroxylation sites is 1. The summed E-state index contributed by atoms with van der Waals surface area (Å²) < 4.78 is 1.03. The van der Waals surface area contributed by atoms with Crippen molar-refractivity contribution >= 4 is 55.7 Å². The van der Waals surface area contributed by atoms with Crippen LogP contribution in [0.5, 0.6) is 0 Å². The number of carbonyl (C=O) groups excluding carboxylic acids is 1. The summed E-state index contributed by atoms with van der Waals surface area (Å²) in [4.78, 5) is 24.2. The standard InChI is InChI=1S/C23H19N5OS3/c1-28-8-6-17-16(11-28)21(14-7-9-30-12-14)15(10-24)22(25-17)31-13-20(29)27-23-26-18-4-2-3-5-19(18)32-23/h2-5,7,9,12H,6,8,11,13H2,1H3,(H,26,27,29). The topological polar surface area (TPSA) is 81.9 Å². The molecule has 32 heavy (non-hydrogen) atoms. The van der Waals surface area contributed by atoms with Gasteiger partial charge in [0.2, 0.25) is 5.91 Å². The first-order valence-electron chi connectivity index (χ1n) is 10.1. The third kappa shape index (κ3) is 4.14. The Hall–Kier alpha value is -2.77. The number of rotatable bonds is 5. The maximum atomic E-state index is 12.6. The summed E-state index contributed by atoms with van der Waals surface area (Å²) in [6.07, 6.45) is 0.833. The molecule has 0 saturated heterocycles. The van der Waals surface area contributed by atoms with Crippen molar-refractivity contribution in [1.82, 2.24) is 14.9 Å². The van der Waals surface area contributed by atoms with Crippen molar-refractivity contribution in [2.75, 3.05) is 24.7 Å². The predicted molar refractivity (Wildman–Crippen MR) is 131 cm³/mol. The third-order valence-electron chi connectivity index (χ3n) is 5.31. The Bertz CT molecular complexity index is 1310. The van der Waals surface area contributed by atoms with Gasteiger partial charge in [0, 0.05) is 30.8 Å². The van der Waals surface area contributed by atoms with Crippen LogP contribution in [0, 0.1) is 11.3 Å². The molecule has 0 aliphatic carbocycles. The van der Waals surface area contributed by atoms with Gasteiger partial charge in [-0.15, -0.1) is 0 Å². The molecular formula is C23H19N5OS3. The second-order valence-electron chi connectivity index (χ2n) is 7.53. The molecule has 9 heteroatoms. The monoisotopic (exact) mass is 477 g/mol. The van der Waals surface area contributed by atoms with Crippen LogP contribution >= 0.6 is 34.4 Å². The van der Waals surface area contributed by atoms with Crippen molar-refractivity contribution < 1.29 is 4.79 Å². The predicted octanol–water partition coefficient (Wildman–Crippen LogP) is 5.01. The molecule has 1 N–H and O–H groups in total. The molecule has 0 radical (unpaired) electrons. The van der Waals surface area contributed by atoms with Gasteiger partial charge in [0.05, 0.1) is 21.5 Å². The van der Waals surface area contributed by atoms with E-state index in [0.29, 0.717) is 15.7 Å². The van der Waals surface area contributed by atoms with Crippen LogP contribution in [0.25, 0.3) is 21.3 Å². The molecule has 1 aliphatic rings. The Balaban J connectivity index is 1.41. The minimum atomic E-state index is -0.158. The summed E-state index contributed by atoms with van der Waals surface area (Å²) in [5.41, 5.74) is 5.57. The SMILES string of the molecule is CN1CCc2nc(SCC(=O)Nc3nc4ccccc4s3)c(C#N)c(-c3ccsc3)c2C1. The molecule has 0 saturated carbocycles. The van der Waals surface area contributed by atoms with Gasteiger partial charge < -0.3 is 10.2 Å². The van der Waals surface area contributed by atoms with Crippen LogP contribution in [0.15, 0.2) is 46.1 Å². The third-order valence-corrected chi connectivity index (χ3v) is 7.92. The maximum absolute atomic E-state index is 12.6. The first kappa shape index (κ1) is 21.1. The largest absolute Gasteiger partial charge is 0.302 e. The van der Waals surface area contributed by atoms with Gasteiger partial charge in [0.1, 0.15) is 11.1 Å². The van der Waals surface area contributed by atoms with E-state index in [1.165, 1.54) is 23.1 Å². The zero-order chi connectivity index (χ0) is 22.1. The number of pyridine rings is 1. The van der Waals surface area contributed by atoms with E-state index in [2.05, 4.69) is 33.7 Å². The minimum absolute atomic E-state index is 0.158. The zero-order valence-electron chi connectivity index (χ0n) is 17.3. The Morgan fingerprint density at radius 1 is 1.31 bits per heavy atom. The van der Waals surface area contributed by atoms with Crippen molar-refractivity contribution in [1.29, 1.82) is 5.26 Å². The molecule has 1 aromatic carbocycles. The van der Waals surface area contributed by atoms with Gasteiger partial charge in [0.15, 0.2) is 5.13 Å². The summed E-state index contributed by atoms with van der Waals surface area (Å²) in [5.74, 6) is 0.00797. The number of nitrogens with one attached hydrogen (secondary N) is 1. The fourth-order valence-electron chi connectivity index (χ4n) is 3.82. The van der Waals surface area contributed by atoms with Gasteiger partial charge >= 0.3 is 0 Å². The first-order chi connectivity index (χ1) is 15.6. The molecule has 1 amide bonds. The van der Waals surface area contributed by atoms with Crippen LogP contribution < -0.4 is 5.32 Å². The van der Waals surface area contributed by atoms with Gasteiger partial charge in [0.25, 0.3) is 0 Å². The summed E-state index contributed by atoms with van der Waals surface area (Å²) in [7, 11) is 2.08. The van der Waals surface area contributed by atoms with Crippen LogP contribution in [0.4, 0.5) is 5.13 Å². The van der Waals surface area contributed by atoms with Crippen molar-refractivity contribution in [3.05, 3.63) is 57.9 Å². The van der Waals surface area contributed by atoms with E-state index >= 15 is 0 Å². The number of hydrogen-bond donors (Lipinski definition) is 1. The molecule has 3 aromatic heterocycles. The normalized spacial score (nSPS) is 13.6. The lowest BCUT2D eigenvalue weighted by atomic mass is 9.93. The lowest BCUT2D eigenvalue weighted by Crippen LogP contribution is -2.28. The number of benzene rings is 1. The summed E-state index contributed by atoms with van der Waals surface area (Å²) in [6, 6.07) is 12.2. The molecular weight excluding hydrogens is 458 g/mol. The zero-order valence-corrected chi connectivity index (χ0v) is 19.7. The summed E-state index contributed by atoms with van der Waals surface area (Å²) >= 11 is 4.37. The van der Waals surface area contributed by atoms with Gasteiger partial charge in [-0.25, -0.2) is 9.97 Å². The number of carbonyl (C=O) groups is 1. The van der Waals surface area contributed by atoms with Gasteiger partial charge in [-0.05, 0) is 47.1 Å². The first-order valence-corrected chi connectivity index (χ1v) is 12.8. The minimum Gasteiger partial charge on any atom is -0.302 e. The highest BCUT2D eigenvalue weighted by Crippen LogP contribution is 2.38. The number of thiophene rings is 1. The number of nitriles is 1. The highest BCUT2D eigenvalue weighted by atomic mass is 32.2. The quantitative estimate of drug-likeness (QED) is 0.407. The highest BCUT2D eigenvalue weighted by molar-refractivity contribution is 8.00. The lowest BCUT2D eigenvalue weighted by Gasteiger charge is -2.27. The maximum Gasteiger partial charge on any atom is 0.236 e. The Labute approximate surface area is 197 Å². The van der Waals surface area contributed by atoms with Crippen LogP contribution in [0.1, 0.15) is 16.8 Å². The molecule has 0 atom stereocenters. The van der Waals surface area contributed by atoms with Crippen molar-refractivity contribution in [2.24, 2.45) is 0 Å². The number of anilines is 1. The Kier molecular flexibility index (Phi) is 5.93. The molecule has 0 spiro atoms. The summed E-state index contributed by atoms with van der Waals surface area (Å²) in [6.45, 7) is 1.70. The molecule has 5 rings (SSSR count). The lowest BCUT2D eigenvalue weighted by molar-refractivity contribution is -0.113. The average molecular weight is 478 g/mol. The number of hydrogen-bond acceptors (Lipinski definition) is 8. The van der Waals surface area contributed by atoms with Gasteiger partial charge in [-0.1, -0.05) is 35.2 Å². The van der Waals surface area contributed by atoms with E-state index in [1.807, 2.05) is 35.7 Å².